The molecule has 6 heteroatoms. The van der Waals surface area contributed by atoms with E-state index in [1.807, 2.05) is 43.7 Å². The van der Waals surface area contributed by atoms with Crippen molar-refractivity contribution >= 4 is 11.8 Å². The maximum absolute atomic E-state index is 12.0. The minimum Gasteiger partial charge on any atom is -0.356 e. The van der Waals surface area contributed by atoms with E-state index in [2.05, 4.69) is 27.8 Å². The smallest absolute Gasteiger partial charge is 0.225 e. The van der Waals surface area contributed by atoms with Gasteiger partial charge in [0.25, 0.3) is 0 Å². The van der Waals surface area contributed by atoms with Crippen LogP contribution in [0.1, 0.15) is 44.7 Å². The lowest BCUT2D eigenvalue weighted by molar-refractivity contribution is -0.128. The fraction of sp³-hybridized carbons (Fsp3) is 0.450. The SMILES string of the molecule is CC(C)(C)C(=O)NCCCC(=O)NCc1cccc(Cn2ccnc2)c1. The van der Waals surface area contributed by atoms with Crippen LogP contribution in [-0.2, 0) is 22.7 Å². The van der Waals surface area contributed by atoms with Gasteiger partial charge in [0.05, 0.1) is 6.33 Å². The Hall–Kier alpha value is -2.63. The third kappa shape index (κ3) is 6.70. The largest absolute Gasteiger partial charge is 0.356 e. The highest BCUT2D eigenvalue weighted by atomic mass is 16.2. The average Bonchev–Trinajstić information content (AvgIpc) is 3.09. The molecule has 2 rings (SSSR count). The van der Waals surface area contributed by atoms with Gasteiger partial charge in [-0.2, -0.15) is 0 Å². The van der Waals surface area contributed by atoms with Gasteiger partial charge in [-0.05, 0) is 17.5 Å². The summed E-state index contributed by atoms with van der Waals surface area (Å²) in [6.45, 7) is 7.39. The van der Waals surface area contributed by atoms with E-state index in [1.54, 1.807) is 12.5 Å². The Bertz CT molecular complexity index is 718. The third-order valence-corrected chi connectivity index (χ3v) is 3.95. The zero-order chi connectivity index (χ0) is 19.0. The highest BCUT2D eigenvalue weighted by molar-refractivity contribution is 5.81. The predicted octanol–water partition coefficient (Wildman–Crippen LogP) is 2.49. The molecule has 2 aromatic rings. The fourth-order valence-corrected chi connectivity index (χ4v) is 2.43. The molecule has 0 aliphatic carbocycles. The van der Waals surface area contributed by atoms with Crippen LogP contribution in [0.4, 0.5) is 0 Å². The zero-order valence-electron chi connectivity index (χ0n) is 15.8. The zero-order valence-corrected chi connectivity index (χ0v) is 15.8. The number of imidazole rings is 1. The summed E-state index contributed by atoms with van der Waals surface area (Å²) >= 11 is 0. The topological polar surface area (TPSA) is 76.0 Å². The van der Waals surface area contributed by atoms with Crippen LogP contribution in [0.25, 0.3) is 0 Å². The number of nitrogens with one attached hydrogen (secondary N) is 2. The Kier molecular flexibility index (Phi) is 6.95. The van der Waals surface area contributed by atoms with E-state index < -0.39 is 5.41 Å². The van der Waals surface area contributed by atoms with Gasteiger partial charge >= 0.3 is 0 Å². The first-order valence-electron chi connectivity index (χ1n) is 8.93. The molecule has 1 aromatic carbocycles. The first kappa shape index (κ1) is 19.7. The van der Waals surface area contributed by atoms with Crippen LogP contribution in [0.15, 0.2) is 43.0 Å². The molecular formula is C20H28N4O2. The Morgan fingerprint density at radius 3 is 2.62 bits per heavy atom. The van der Waals surface area contributed by atoms with Crippen LogP contribution >= 0.6 is 0 Å². The van der Waals surface area contributed by atoms with Crippen molar-refractivity contribution in [2.75, 3.05) is 6.54 Å². The van der Waals surface area contributed by atoms with Gasteiger partial charge in [-0.15, -0.1) is 0 Å². The van der Waals surface area contributed by atoms with Gasteiger partial charge in [0.2, 0.25) is 11.8 Å². The highest BCUT2D eigenvalue weighted by Gasteiger charge is 2.20. The molecule has 2 N–H and O–H groups in total. The third-order valence-electron chi connectivity index (χ3n) is 3.95. The summed E-state index contributed by atoms with van der Waals surface area (Å²) in [6.07, 6.45) is 6.50. The standard InChI is InChI=1S/C20H28N4O2/c1-20(2,3)19(26)22-9-5-8-18(25)23-13-16-6-4-7-17(12-16)14-24-11-10-21-15-24/h4,6-7,10-12,15H,5,8-9,13-14H2,1-3H3,(H,22,26)(H,23,25). The van der Waals surface area contributed by atoms with Crippen LogP contribution in [0.5, 0.6) is 0 Å². The summed E-state index contributed by atoms with van der Waals surface area (Å²) in [5.41, 5.74) is 1.83. The second kappa shape index (κ2) is 9.17. The normalized spacial score (nSPS) is 11.2. The quantitative estimate of drug-likeness (QED) is 0.714. The Labute approximate surface area is 155 Å². The molecule has 0 radical (unpaired) electrons. The van der Waals surface area contributed by atoms with Crippen LogP contribution in [-0.4, -0.2) is 27.9 Å². The molecule has 0 atom stereocenters. The highest BCUT2D eigenvalue weighted by Crippen LogP contribution is 2.12. The van der Waals surface area contributed by atoms with Gasteiger partial charge in [0.1, 0.15) is 0 Å². The Balaban J connectivity index is 1.69. The summed E-state index contributed by atoms with van der Waals surface area (Å²) in [6, 6.07) is 8.14. The minimum atomic E-state index is -0.399. The van der Waals surface area contributed by atoms with Gasteiger partial charge in [0, 0.05) is 43.9 Å². The summed E-state index contributed by atoms with van der Waals surface area (Å²) in [7, 11) is 0. The molecule has 0 bridgehead atoms. The lowest BCUT2D eigenvalue weighted by Crippen LogP contribution is -2.35. The Morgan fingerprint density at radius 1 is 1.15 bits per heavy atom. The molecule has 0 saturated heterocycles. The number of nitrogens with zero attached hydrogens (tertiary/aromatic N) is 2. The van der Waals surface area contributed by atoms with Crippen molar-refractivity contribution in [2.24, 2.45) is 5.41 Å². The number of hydrogen-bond acceptors (Lipinski definition) is 3. The second-order valence-corrected chi connectivity index (χ2v) is 7.44. The van der Waals surface area contributed by atoms with Gasteiger partial charge in [-0.1, -0.05) is 45.0 Å². The molecule has 26 heavy (non-hydrogen) atoms. The number of rotatable bonds is 8. The van der Waals surface area contributed by atoms with Gasteiger partial charge in [-0.25, -0.2) is 4.98 Å². The van der Waals surface area contributed by atoms with E-state index in [4.69, 9.17) is 0 Å². The summed E-state index contributed by atoms with van der Waals surface area (Å²) in [5, 5.41) is 5.79. The molecule has 1 heterocycles. The maximum atomic E-state index is 12.0. The molecular weight excluding hydrogens is 328 g/mol. The van der Waals surface area contributed by atoms with Crippen molar-refractivity contribution in [3.05, 3.63) is 54.1 Å². The van der Waals surface area contributed by atoms with E-state index >= 15 is 0 Å². The van der Waals surface area contributed by atoms with Crippen LogP contribution in [0, 0.1) is 5.41 Å². The van der Waals surface area contributed by atoms with Gasteiger partial charge in [-0.3, -0.25) is 9.59 Å². The number of aromatic nitrogens is 2. The van der Waals surface area contributed by atoms with Crippen molar-refractivity contribution < 1.29 is 9.59 Å². The first-order valence-corrected chi connectivity index (χ1v) is 8.93. The number of benzene rings is 1. The molecule has 2 amide bonds. The lowest BCUT2D eigenvalue weighted by Gasteiger charge is -2.17. The van der Waals surface area contributed by atoms with E-state index in [0.717, 1.165) is 12.1 Å². The first-order chi connectivity index (χ1) is 12.3. The Morgan fingerprint density at radius 2 is 1.92 bits per heavy atom. The van der Waals surface area contributed by atoms with Crippen molar-refractivity contribution in [3.63, 3.8) is 0 Å². The lowest BCUT2D eigenvalue weighted by atomic mass is 9.96. The van der Waals surface area contributed by atoms with Crippen molar-refractivity contribution in [2.45, 2.75) is 46.7 Å². The van der Waals surface area contributed by atoms with E-state index in [9.17, 15) is 9.59 Å². The van der Waals surface area contributed by atoms with Crippen molar-refractivity contribution in [3.8, 4) is 0 Å². The molecule has 0 aliphatic rings. The fourth-order valence-electron chi connectivity index (χ4n) is 2.43. The number of carbonyl (C=O) groups is 2. The van der Waals surface area contributed by atoms with E-state index in [-0.39, 0.29) is 11.8 Å². The predicted molar refractivity (Wildman–Crippen MR) is 101 cm³/mol. The van der Waals surface area contributed by atoms with Crippen molar-refractivity contribution in [1.82, 2.24) is 20.2 Å². The maximum Gasteiger partial charge on any atom is 0.225 e. The molecule has 1 aromatic heterocycles. The molecule has 0 fully saturated rings. The van der Waals surface area contributed by atoms with Crippen LogP contribution < -0.4 is 10.6 Å². The number of hydrogen-bond donors (Lipinski definition) is 2. The van der Waals surface area contributed by atoms with Crippen LogP contribution in [0.3, 0.4) is 0 Å². The van der Waals surface area contributed by atoms with Gasteiger partial charge < -0.3 is 15.2 Å². The average molecular weight is 356 g/mol. The summed E-state index contributed by atoms with van der Waals surface area (Å²) in [5.74, 6) is 0.00244. The molecule has 6 nitrogen and oxygen atoms in total. The molecule has 0 spiro atoms. The monoisotopic (exact) mass is 356 g/mol. The van der Waals surface area contributed by atoms with E-state index in [0.29, 0.717) is 25.9 Å². The van der Waals surface area contributed by atoms with Crippen LogP contribution in [0.2, 0.25) is 0 Å². The van der Waals surface area contributed by atoms with Gasteiger partial charge in [0.15, 0.2) is 0 Å². The minimum absolute atomic E-state index is 0.00461. The number of amides is 2. The molecule has 140 valence electrons. The molecule has 0 saturated carbocycles. The summed E-state index contributed by atoms with van der Waals surface area (Å²) in [4.78, 5) is 27.8. The second-order valence-electron chi connectivity index (χ2n) is 7.44. The molecule has 0 aliphatic heterocycles. The van der Waals surface area contributed by atoms with E-state index in [1.165, 1.54) is 5.56 Å². The number of carbonyl (C=O) groups excluding carboxylic acids is 2. The molecule has 0 unspecified atom stereocenters. The van der Waals surface area contributed by atoms with Crippen molar-refractivity contribution in [1.29, 1.82) is 0 Å². The summed E-state index contributed by atoms with van der Waals surface area (Å²) < 4.78 is 2.00.